The molecule has 1 heterocycles. The van der Waals surface area contributed by atoms with Gasteiger partial charge < -0.3 is 9.47 Å². The number of hydrogen-bond acceptors (Lipinski definition) is 5. The van der Waals surface area contributed by atoms with Crippen molar-refractivity contribution in [2.45, 2.75) is 12.8 Å². The Morgan fingerprint density at radius 2 is 1.62 bits per heavy atom. The van der Waals surface area contributed by atoms with Crippen molar-refractivity contribution in [3.63, 3.8) is 0 Å². The lowest BCUT2D eigenvalue weighted by atomic mass is 10.1. The Balaban J connectivity index is 1.65. The van der Waals surface area contributed by atoms with Crippen LogP contribution in [0.25, 0.3) is 6.08 Å². The molecule has 0 aromatic heterocycles. The summed E-state index contributed by atoms with van der Waals surface area (Å²) in [6, 6.07) is 10.4. The molecule has 3 aromatic carbocycles. The van der Waals surface area contributed by atoms with Crippen LogP contribution in [0, 0.1) is 0 Å². The van der Waals surface area contributed by atoms with E-state index in [1.165, 1.54) is 25.3 Å². The largest absolute Gasteiger partial charge is 0.493 e. The van der Waals surface area contributed by atoms with E-state index in [4.69, 9.17) is 44.3 Å². The van der Waals surface area contributed by atoms with Crippen LogP contribution in [-0.4, -0.2) is 25.0 Å². The van der Waals surface area contributed by atoms with E-state index in [9.17, 15) is 27.6 Å². The molecule has 202 valence electrons. The molecule has 0 bridgehead atoms. The number of carbonyl (C=O) groups excluding carboxylic acids is 3. The van der Waals surface area contributed by atoms with Crippen LogP contribution in [0.5, 0.6) is 11.5 Å². The first-order valence-electron chi connectivity index (χ1n) is 10.9. The molecule has 1 aliphatic heterocycles. The molecular formula is C26H16Cl3F3N2O5. The molecule has 4 amide bonds. The van der Waals surface area contributed by atoms with Crippen molar-refractivity contribution in [3.8, 4) is 11.5 Å². The highest BCUT2D eigenvalue weighted by molar-refractivity contribution is 6.42. The van der Waals surface area contributed by atoms with E-state index in [0.717, 1.165) is 12.1 Å². The van der Waals surface area contributed by atoms with Crippen LogP contribution in [0.1, 0.15) is 16.7 Å². The number of amides is 4. The van der Waals surface area contributed by atoms with Gasteiger partial charge >= 0.3 is 12.2 Å². The topological polar surface area (TPSA) is 84.9 Å². The number of nitrogens with one attached hydrogen (secondary N) is 1. The minimum absolute atomic E-state index is 0.0189. The molecule has 13 heteroatoms. The number of anilines is 1. The first kappa shape index (κ1) is 28.3. The predicted molar refractivity (Wildman–Crippen MR) is 139 cm³/mol. The van der Waals surface area contributed by atoms with E-state index in [0.29, 0.717) is 38.4 Å². The molecule has 0 radical (unpaired) electrons. The second-order valence-electron chi connectivity index (χ2n) is 8.02. The zero-order chi connectivity index (χ0) is 28.5. The monoisotopic (exact) mass is 598 g/mol. The third-order valence-electron chi connectivity index (χ3n) is 5.55. The third kappa shape index (κ3) is 5.98. The summed E-state index contributed by atoms with van der Waals surface area (Å²) in [7, 11) is 1.37. The molecule has 7 nitrogen and oxygen atoms in total. The number of nitrogens with zero attached hydrogens (tertiary/aromatic N) is 1. The van der Waals surface area contributed by atoms with Gasteiger partial charge in [0.25, 0.3) is 11.8 Å². The van der Waals surface area contributed by atoms with Crippen LogP contribution < -0.4 is 19.7 Å². The molecule has 1 N–H and O–H groups in total. The Kier molecular flexibility index (Phi) is 8.10. The summed E-state index contributed by atoms with van der Waals surface area (Å²) in [6.07, 6.45) is -3.61. The fraction of sp³-hybridized carbons (Fsp3) is 0.115. The second-order valence-corrected chi connectivity index (χ2v) is 9.24. The normalized spacial score (nSPS) is 15.0. The summed E-state index contributed by atoms with van der Waals surface area (Å²) < 4.78 is 50.8. The fourth-order valence-corrected chi connectivity index (χ4v) is 4.33. The highest BCUT2D eigenvalue weighted by Gasteiger charge is 2.39. The van der Waals surface area contributed by atoms with Crippen LogP contribution >= 0.6 is 34.8 Å². The Morgan fingerprint density at radius 1 is 0.923 bits per heavy atom. The van der Waals surface area contributed by atoms with Gasteiger partial charge in [-0.25, -0.2) is 9.69 Å². The van der Waals surface area contributed by atoms with E-state index >= 15 is 0 Å². The molecule has 4 rings (SSSR count). The van der Waals surface area contributed by atoms with Crippen LogP contribution in [0.15, 0.2) is 60.2 Å². The molecule has 1 saturated heterocycles. The first-order chi connectivity index (χ1) is 18.4. The number of hydrogen-bond donors (Lipinski definition) is 1. The summed E-state index contributed by atoms with van der Waals surface area (Å²) >= 11 is 18.4. The maximum atomic E-state index is 13.2. The molecule has 0 saturated carbocycles. The van der Waals surface area contributed by atoms with Gasteiger partial charge in [-0.05, 0) is 54.1 Å². The maximum Gasteiger partial charge on any atom is 0.416 e. The molecular weight excluding hydrogens is 584 g/mol. The van der Waals surface area contributed by atoms with E-state index in [2.05, 4.69) is 0 Å². The predicted octanol–water partition coefficient (Wildman–Crippen LogP) is 6.92. The molecule has 0 unspecified atom stereocenters. The molecule has 0 atom stereocenters. The molecule has 39 heavy (non-hydrogen) atoms. The molecule has 1 aliphatic rings. The maximum absolute atomic E-state index is 13.2. The van der Waals surface area contributed by atoms with Gasteiger partial charge in [0.15, 0.2) is 11.5 Å². The van der Waals surface area contributed by atoms with E-state index < -0.39 is 40.8 Å². The van der Waals surface area contributed by atoms with Crippen molar-refractivity contribution in [2.75, 3.05) is 12.0 Å². The van der Waals surface area contributed by atoms with Gasteiger partial charge in [-0.2, -0.15) is 13.2 Å². The first-order valence-corrected chi connectivity index (χ1v) is 12.1. The third-order valence-corrected chi connectivity index (χ3v) is 6.58. The Bertz CT molecular complexity index is 1500. The lowest BCUT2D eigenvalue weighted by Gasteiger charge is -2.27. The van der Waals surface area contributed by atoms with Crippen molar-refractivity contribution in [1.29, 1.82) is 0 Å². The zero-order valence-corrected chi connectivity index (χ0v) is 22.0. The second kappa shape index (κ2) is 11.2. The minimum Gasteiger partial charge on any atom is -0.493 e. The summed E-state index contributed by atoms with van der Waals surface area (Å²) in [5.41, 5.74) is -1.36. The summed E-state index contributed by atoms with van der Waals surface area (Å²) in [5.74, 6) is -1.69. The standard InChI is InChI=1S/C26H16Cl3F3N2O5/c1-38-22-10-13(5-8-21(22)39-12-16-17(27)3-2-4-18(16)28)9-15-23(35)33-25(37)34(24(15)36)20-11-14(26(30,31)32)6-7-19(20)29/h2-11H,12H2,1H3,(H,33,35,37)/b15-9+. The lowest BCUT2D eigenvalue weighted by Crippen LogP contribution is -2.54. The smallest absolute Gasteiger partial charge is 0.416 e. The number of ether oxygens (including phenoxy) is 2. The van der Waals surface area contributed by atoms with Crippen molar-refractivity contribution in [2.24, 2.45) is 0 Å². The van der Waals surface area contributed by atoms with Crippen molar-refractivity contribution >= 4 is 64.4 Å². The molecule has 1 fully saturated rings. The van der Waals surface area contributed by atoms with Gasteiger partial charge in [-0.1, -0.05) is 46.9 Å². The fourth-order valence-electron chi connectivity index (χ4n) is 3.62. The molecule has 3 aromatic rings. The van der Waals surface area contributed by atoms with E-state index in [1.807, 2.05) is 5.32 Å². The molecule has 0 spiro atoms. The number of imide groups is 2. The number of halogens is 6. The van der Waals surface area contributed by atoms with Crippen LogP contribution in [0.4, 0.5) is 23.7 Å². The number of barbiturate groups is 1. The van der Waals surface area contributed by atoms with Gasteiger partial charge in [0.2, 0.25) is 0 Å². The number of benzene rings is 3. The van der Waals surface area contributed by atoms with Gasteiger partial charge in [-0.3, -0.25) is 14.9 Å². The van der Waals surface area contributed by atoms with Gasteiger partial charge in [-0.15, -0.1) is 0 Å². The van der Waals surface area contributed by atoms with Crippen LogP contribution in [0.2, 0.25) is 15.1 Å². The average molecular weight is 600 g/mol. The summed E-state index contributed by atoms with van der Waals surface area (Å²) in [5, 5.41) is 2.45. The van der Waals surface area contributed by atoms with E-state index in [1.54, 1.807) is 18.2 Å². The number of urea groups is 1. The zero-order valence-electron chi connectivity index (χ0n) is 19.7. The Hall–Kier alpha value is -3.73. The van der Waals surface area contributed by atoms with Crippen molar-refractivity contribution in [3.05, 3.63) is 91.9 Å². The number of alkyl halides is 3. The lowest BCUT2D eigenvalue weighted by molar-refractivity contribution is -0.137. The van der Waals surface area contributed by atoms with Crippen molar-refractivity contribution in [1.82, 2.24) is 5.32 Å². The van der Waals surface area contributed by atoms with Gasteiger partial charge in [0.1, 0.15) is 12.2 Å². The SMILES string of the molecule is COc1cc(/C=C2\C(=O)NC(=O)N(c3cc(C(F)(F)F)ccc3Cl)C2=O)ccc1OCc1c(Cl)cccc1Cl. The number of methoxy groups -OCH3 is 1. The van der Waals surface area contributed by atoms with Gasteiger partial charge in [0.05, 0.1) is 23.4 Å². The Labute approximate surface area is 234 Å². The Morgan fingerprint density at radius 3 is 2.26 bits per heavy atom. The van der Waals surface area contributed by atoms with Crippen molar-refractivity contribution < 1.29 is 37.0 Å². The highest BCUT2D eigenvalue weighted by Crippen LogP contribution is 2.37. The van der Waals surface area contributed by atoms with Gasteiger partial charge in [0, 0.05) is 15.6 Å². The minimum atomic E-state index is -4.76. The van der Waals surface area contributed by atoms with E-state index in [-0.39, 0.29) is 22.9 Å². The highest BCUT2D eigenvalue weighted by atomic mass is 35.5. The van der Waals surface area contributed by atoms with Crippen LogP contribution in [0.3, 0.4) is 0 Å². The van der Waals surface area contributed by atoms with Crippen LogP contribution in [-0.2, 0) is 22.4 Å². The molecule has 0 aliphatic carbocycles. The average Bonchev–Trinajstić information content (AvgIpc) is 2.87. The number of carbonyl (C=O) groups is 3. The summed E-state index contributed by atoms with van der Waals surface area (Å²) in [6.45, 7) is 0.0189. The quantitative estimate of drug-likeness (QED) is 0.246. The summed E-state index contributed by atoms with van der Waals surface area (Å²) in [4.78, 5) is 38.5. The number of rotatable bonds is 6.